The second kappa shape index (κ2) is 6.93. The Kier molecular flexibility index (Phi) is 4.60. The van der Waals surface area contributed by atoms with Crippen LogP contribution in [-0.4, -0.2) is 20.6 Å². The van der Waals surface area contributed by atoms with E-state index in [0.29, 0.717) is 23.5 Å². The molecule has 2 aromatic heterocycles. The van der Waals surface area contributed by atoms with E-state index in [2.05, 4.69) is 6.92 Å². The van der Waals surface area contributed by atoms with Crippen LogP contribution in [0.1, 0.15) is 43.2 Å². The van der Waals surface area contributed by atoms with E-state index in [1.807, 2.05) is 30.3 Å². The third-order valence-corrected chi connectivity index (χ3v) is 6.53. The Morgan fingerprint density at radius 2 is 2.11 bits per heavy atom. The normalized spacial score (nSPS) is 17.6. The van der Waals surface area contributed by atoms with Crippen LogP contribution >= 0.6 is 11.3 Å². The molecule has 0 saturated heterocycles. The van der Waals surface area contributed by atoms with Crippen LogP contribution in [0.25, 0.3) is 21.6 Å². The van der Waals surface area contributed by atoms with Crippen molar-refractivity contribution in [3.05, 3.63) is 51.1 Å². The van der Waals surface area contributed by atoms with E-state index >= 15 is 0 Å². The molecule has 2 atom stereocenters. The summed E-state index contributed by atoms with van der Waals surface area (Å²) in [5.41, 5.74) is 1.62. The summed E-state index contributed by atoms with van der Waals surface area (Å²) in [6, 6.07) is 8.45. The molecule has 0 spiro atoms. The molecule has 0 amide bonds. The highest BCUT2D eigenvalue weighted by Crippen LogP contribution is 2.37. The molecule has 0 aliphatic heterocycles. The Bertz CT molecular complexity index is 1070. The van der Waals surface area contributed by atoms with Crippen molar-refractivity contribution in [1.82, 2.24) is 9.55 Å². The van der Waals surface area contributed by atoms with Crippen molar-refractivity contribution in [2.45, 2.75) is 45.6 Å². The number of carbonyl (C=O) groups is 1. The van der Waals surface area contributed by atoms with E-state index in [-0.39, 0.29) is 5.56 Å². The summed E-state index contributed by atoms with van der Waals surface area (Å²) in [6.07, 6.45) is 3.20. The number of hydrogen-bond donors (Lipinski definition) is 1. The summed E-state index contributed by atoms with van der Waals surface area (Å²) < 4.78 is 1.39. The van der Waals surface area contributed by atoms with Gasteiger partial charge in [-0.2, -0.15) is 0 Å². The van der Waals surface area contributed by atoms with Crippen LogP contribution in [0.3, 0.4) is 0 Å². The first-order valence-electron chi connectivity index (χ1n) is 9.36. The van der Waals surface area contributed by atoms with E-state index in [9.17, 15) is 14.7 Å². The molecule has 2 heterocycles. The van der Waals surface area contributed by atoms with Gasteiger partial charge in [0.25, 0.3) is 5.56 Å². The topological polar surface area (TPSA) is 72.2 Å². The minimum atomic E-state index is -1.00. The standard InChI is InChI=1S/C21H22N2O3S/c1-3-15(21(25)26)23-18(13-7-5-4-6-8-13)22-19-17(20(23)24)14-10-9-12(2)11-16(14)27-19/h4-8,12,15H,3,9-11H2,1-2H3,(H,25,26). The van der Waals surface area contributed by atoms with Crippen LogP contribution in [0.15, 0.2) is 35.1 Å². The molecule has 0 bridgehead atoms. The zero-order chi connectivity index (χ0) is 19.1. The molecule has 1 N–H and O–H groups in total. The first-order chi connectivity index (χ1) is 13.0. The molecule has 3 aromatic rings. The van der Waals surface area contributed by atoms with Crippen molar-refractivity contribution in [3.63, 3.8) is 0 Å². The van der Waals surface area contributed by atoms with Gasteiger partial charge in [0.15, 0.2) is 0 Å². The number of carboxylic acid groups (broad SMARTS) is 1. The van der Waals surface area contributed by atoms with Gasteiger partial charge in [-0.25, -0.2) is 9.78 Å². The van der Waals surface area contributed by atoms with Crippen LogP contribution in [0.4, 0.5) is 0 Å². The van der Waals surface area contributed by atoms with Gasteiger partial charge in [0.2, 0.25) is 0 Å². The Balaban J connectivity index is 2.06. The first-order valence-corrected chi connectivity index (χ1v) is 10.2. The number of nitrogens with zero attached hydrogens (tertiary/aromatic N) is 2. The predicted molar refractivity (Wildman–Crippen MR) is 107 cm³/mol. The van der Waals surface area contributed by atoms with Crippen molar-refractivity contribution in [3.8, 4) is 11.4 Å². The van der Waals surface area contributed by atoms with Crippen LogP contribution < -0.4 is 5.56 Å². The second-order valence-electron chi connectivity index (χ2n) is 7.27. The van der Waals surface area contributed by atoms with Gasteiger partial charge in [0.05, 0.1) is 5.39 Å². The highest BCUT2D eigenvalue weighted by Gasteiger charge is 2.29. The fraction of sp³-hybridized carbons (Fsp3) is 0.381. The van der Waals surface area contributed by atoms with Gasteiger partial charge < -0.3 is 5.11 Å². The molecule has 2 unspecified atom stereocenters. The van der Waals surface area contributed by atoms with Crippen molar-refractivity contribution in [2.24, 2.45) is 5.92 Å². The quantitative estimate of drug-likeness (QED) is 0.731. The van der Waals surface area contributed by atoms with Crippen LogP contribution in [-0.2, 0) is 17.6 Å². The lowest BCUT2D eigenvalue weighted by Gasteiger charge is -2.20. The lowest BCUT2D eigenvalue weighted by Crippen LogP contribution is -2.32. The monoisotopic (exact) mass is 382 g/mol. The number of hydrogen-bond acceptors (Lipinski definition) is 4. The highest BCUT2D eigenvalue weighted by molar-refractivity contribution is 7.18. The van der Waals surface area contributed by atoms with Gasteiger partial charge >= 0.3 is 5.97 Å². The number of fused-ring (bicyclic) bond motifs is 3. The third-order valence-electron chi connectivity index (χ3n) is 5.38. The Morgan fingerprint density at radius 3 is 2.78 bits per heavy atom. The maximum absolute atomic E-state index is 13.5. The molecule has 6 heteroatoms. The van der Waals surface area contributed by atoms with Gasteiger partial charge in [-0.3, -0.25) is 9.36 Å². The summed E-state index contributed by atoms with van der Waals surface area (Å²) in [5.74, 6) is 0.0356. The number of thiophene rings is 1. The zero-order valence-electron chi connectivity index (χ0n) is 15.4. The maximum Gasteiger partial charge on any atom is 0.326 e. The molecule has 0 radical (unpaired) electrons. The predicted octanol–water partition coefficient (Wildman–Crippen LogP) is 4.29. The van der Waals surface area contributed by atoms with Gasteiger partial charge in [0.1, 0.15) is 16.7 Å². The average molecular weight is 382 g/mol. The SMILES string of the molecule is CCC(C(=O)O)n1c(-c2ccccc2)nc2sc3c(c2c1=O)CCC(C)C3. The third kappa shape index (κ3) is 2.98. The van der Waals surface area contributed by atoms with E-state index in [1.54, 1.807) is 18.3 Å². The minimum Gasteiger partial charge on any atom is -0.480 e. The van der Waals surface area contributed by atoms with Crippen LogP contribution in [0, 0.1) is 5.92 Å². The van der Waals surface area contributed by atoms with Crippen molar-refractivity contribution < 1.29 is 9.90 Å². The molecular formula is C21H22N2O3S. The van der Waals surface area contributed by atoms with Crippen molar-refractivity contribution >= 4 is 27.5 Å². The Morgan fingerprint density at radius 1 is 1.37 bits per heavy atom. The Hall–Kier alpha value is -2.47. The molecular weight excluding hydrogens is 360 g/mol. The van der Waals surface area contributed by atoms with Crippen molar-refractivity contribution in [2.75, 3.05) is 0 Å². The molecule has 4 rings (SSSR count). The number of aromatic nitrogens is 2. The summed E-state index contributed by atoms with van der Waals surface area (Å²) in [6.45, 7) is 4.01. The maximum atomic E-state index is 13.5. The molecule has 0 fully saturated rings. The molecule has 1 aromatic carbocycles. The molecule has 140 valence electrons. The van der Waals surface area contributed by atoms with E-state index in [1.165, 1.54) is 9.44 Å². The largest absolute Gasteiger partial charge is 0.480 e. The zero-order valence-corrected chi connectivity index (χ0v) is 16.3. The van der Waals surface area contributed by atoms with Crippen LogP contribution in [0.2, 0.25) is 0 Å². The number of carboxylic acids is 1. The summed E-state index contributed by atoms with van der Waals surface area (Å²) >= 11 is 1.59. The number of benzene rings is 1. The van der Waals surface area contributed by atoms with E-state index < -0.39 is 12.0 Å². The molecule has 5 nitrogen and oxygen atoms in total. The van der Waals surface area contributed by atoms with Gasteiger partial charge in [-0.1, -0.05) is 44.2 Å². The fourth-order valence-electron chi connectivity index (χ4n) is 3.95. The van der Waals surface area contributed by atoms with E-state index in [4.69, 9.17) is 4.98 Å². The lowest BCUT2D eigenvalue weighted by atomic mass is 9.89. The molecule has 27 heavy (non-hydrogen) atoms. The lowest BCUT2D eigenvalue weighted by molar-refractivity contribution is -0.141. The highest BCUT2D eigenvalue weighted by atomic mass is 32.1. The smallest absolute Gasteiger partial charge is 0.326 e. The number of aryl methyl sites for hydroxylation is 1. The second-order valence-corrected chi connectivity index (χ2v) is 8.35. The Labute approximate surface area is 161 Å². The van der Waals surface area contributed by atoms with Gasteiger partial charge in [0, 0.05) is 10.4 Å². The summed E-state index contributed by atoms with van der Waals surface area (Å²) in [4.78, 5) is 32.2. The van der Waals surface area contributed by atoms with Crippen molar-refractivity contribution in [1.29, 1.82) is 0 Å². The van der Waals surface area contributed by atoms with Gasteiger partial charge in [-0.15, -0.1) is 11.3 Å². The summed E-state index contributed by atoms with van der Waals surface area (Å²) in [7, 11) is 0. The summed E-state index contributed by atoms with van der Waals surface area (Å²) in [5, 5.41) is 10.4. The molecule has 1 aliphatic carbocycles. The molecule has 0 saturated carbocycles. The van der Waals surface area contributed by atoms with Gasteiger partial charge in [-0.05, 0) is 37.2 Å². The average Bonchev–Trinajstić information content (AvgIpc) is 3.02. The number of aliphatic carboxylic acids is 1. The van der Waals surface area contributed by atoms with Crippen LogP contribution in [0.5, 0.6) is 0 Å². The fourth-order valence-corrected chi connectivity index (χ4v) is 5.32. The number of rotatable bonds is 4. The molecule has 1 aliphatic rings. The van der Waals surface area contributed by atoms with E-state index in [0.717, 1.165) is 35.2 Å². The first kappa shape index (κ1) is 17.9. The minimum absolute atomic E-state index is 0.222.